The van der Waals surface area contributed by atoms with Crippen LogP contribution < -0.4 is 9.47 Å². The molecule has 0 atom stereocenters. The van der Waals surface area contributed by atoms with Crippen LogP contribution in [0.15, 0.2) is 97.1 Å². The van der Waals surface area contributed by atoms with Crippen molar-refractivity contribution in [2.24, 2.45) is 0 Å². The Balaban J connectivity index is 1.79. The minimum Gasteiger partial charge on any atom is -0.467 e. The molecule has 0 radical (unpaired) electrons. The van der Waals surface area contributed by atoms with E-state index in [1.54, 1.807) is 0 Å². The van der Waals surface area contributed by atoms with Crippen molar-refractivity contribution in [3.8, 4) is 33.8 Å². The number of rotatable bonds is 6. The van der Waals surface area contributed by atoms with Gasteiger partial charge in [-0.15, -0.1) is 0 Å². The fourth-order valence-electron chi connectivity index (χ4n) is 4.28. The van der Waals surface area contributed by atoms with E-state index in [-0.39, 0.29) is 0 Å². The van der Waals surface area contributed by atoms with Crippen molar-refractivity contribution in [3.05, 3.63) is 97.1 Å². The number of ether oxygens (including phenoxy) is 2. The maximum Gasteiger partial charge on any atom is 0.186 e. The third-order valence-electron chi connectivity index (χ3n) is 5.68. The maximum absolute atomic E-state index is 9.62. The number of hydrogen-bond donors (Lipinski definition) is 2. The molecule has 0 saturated carbocycles. The predicted octanol–water partition coefficient (Wildman–Crippen LogP) is 5.98. The molecule has 5 aromatic rings. The van der Waals surface area contributed by atoms with Gasteiger partial charge >= 0.3 is 0 Å². The van der Waals surface area contributed by atoms with Gasteiger partial charge in [-0.25, -0.2) is 0 Å². The molecule has 158 valence electrons. The standard InChI is InChI=1S/C28H22O4/c29-17-31-27-16-26(24-14-6-10-20-8-2-4-12-22(20)24)28(32-18-30)15-25(27)23-13-5-9-19-7-1-3-11-21(19)23/h1-16,29-30H,17-18H2. The van der Waals surface area contributed by atoms with Crippen molar-refractivity contribution >= 4 is 21.5 Å². The zero-order chi connectivity index (χ0) is 21.9. The minimum absolute atomic E-state index is 0.451. The summed E-state index contributed by atoms with van der Waals surface area (Å²) in [5.41, 5.74) is 3.48. The minimum atomic E-state index is -0.451. The highest BCUT2D eigenvalue weighted by atomic mass is 16.6. The van der Waals surface area contributed by atoms with Gasteiger partial charge in [-0.3, -0.25) is 0 Å². The van der Waals surface area contributed by atoms with Crippen molar-refractivity contribution in [1.82, 2.24) is 0 Å². The summed E-state index contributed by atoms with van der Waals surface area (Å²) < 4.78 is 11.4. The van der Waals surface area contributed by atoms with E-state index < -0.39 is 13.6 Å². The highest BCUT2D eigenvalue weighted by Gasteiger charge is 2.18. The summed E-state index contributed by atoms with van der Waals surface area (Å²) in [4.78, 5) is 0. The third-order valence-corrected chi connectivity index (χ3v) is 5.68. The highest BCUT2D eigenvalue weighted by Crippen LogP contribution is 2.44. The molecule has 5 rings (SSSR count). The molecule has 0 aromatic heterocycles. The Morgan fingerprint density at radius 2 is 0.875 bits per heavy atom. The quantitative estimate of drug-likeness (QED) is 0.330. The van der Waals surface area contributed by atoms with Gasteiger partial charge in [-0.1, -0.05) is 84.9 Å². The van der Waals surface area contributed by atoms with Crippen molar-refractivity contribution in [2.45, 2.75) is 0 Å². The topological polar surface area (TPSA) is 58.9 Å². The van der Waals surface area contributed by atoms with E-state index in [0.717, 1.165) is 43.8 Å². The van der Waals surface area contributed by atoms with Crippen LogP contribution >= 0.6 is 0 Å². The summed E-state index contributed by atoms with van der Waals surface area (Å²) in [5.74, 6) is 1.08. The summed E-state index contributed by atoms with van der Waals surface area (Å²) in [6.07, 6.45) is 0. The van der Waals surface area contributed by atoms with E-state index in [2.05, 4.69) is 36.4 Å². The van der Waals surface area contributed by atoms with Gasteiger partial charge in [-0.2, -0.15) is 0 Å². The lowest BCUT2D eigenvalue weighted by atomic mass is 9.92. The molecule has 4 heteroatoms. The fourth-order valence-corrected chi connectivity index (χ4v) is 4.28. The van der Waals surface area contributed by atoms with Crippen molar-refractivity contribution in [3.63, 3.8) is 0 Å². The van der Waals surface area contributed by atoms with Gasteiger partial charge in [0.15, 0.2) is 13.6 Å². The van der Waals surface area contributed by atoms with Crippen LogP contribution in [-0.4, -0.2) is 23.8 Å². The number of hydrogen-bond acceptors (Lipinski definition) is 4. The van der Waals surface area contributed by atoms with Gasteiger partial charge in [0.05, 0.1) is 0 Å². The zero-order valence-corrected chi connectivity index (χ0v) is 17.4. The number of benzene rings is 5. The summed E-state index contributed by atoms with van der Waals surface area (Å²) >= 11 is 0. The van der Waals surface area contributed by atoms with Crippen LogP contribution in [0, 0.1) is 0 Å². The largest absolute Gasteiger partial charge is 0.467 e. The molecule has 0 aliphatic heterocycles. The second kappa shape index (κ2) is 8.71. The molecule has 32 heavy (non-hydrogen) atoms. The molecule has 0 fully saturated rings. The summed E-state index contributed by atoms with van der Waals surface area (Å²) in [5, 5.41) is 23.6. The first-order valence-electron chi connectivity index (χ1n) is 10.4. The maximum atomic E-state index is 9.62. The van der Waals surface area contributed by atoms with Crippen LogP contribution in [0.25, 0.3) is 43.8 Å². The van der Waals surface area contributed by atoms with Crippen LogP contribution in [0.4, 0.5) is 0 Å². The van der Waals surface area contributed by atoms with E-state index >= 15 is 0 Å². The molecule has 0 bridgehead atoms. The molecule has 0 aliphatic rings. The average molecular weight is 422 g/mol. The van der Waals surface area contributed by atoms with Crippen molar-refractivity contribution in [1.29, 1.82) is 0 Å². The van der Waals surface area contributed by atoms with E-state index in [1.807, 2.05) is 60.7 Å². The Morgan fingerprint density at radius 1 is 0.469 bits per heavy atom. The smallest absolute Gasteiger partial charge is 0.186 e. The van der Waals surface area contributed by atoms with Crippen LogP contribution in [0.2, 0.25) is 0 Å². The third kappa shape index (κ3) is 3.56. The molecule has 0 aliphatic carbocycles. The van der Waals surface area contributed by atoms with Crippen LogP contribution in [-0.2, 0) is 0 Å². The zero-order valence-electron chi connectivity index (χ0n) is 17.4. The molecule has 4 nitrogen and oxygen atoms in total. The Morgan fingerprint density at radius 3 is 1.31 bits per heavy atom. The Hall–Kier alpha value is -3.86. The highest BCUT2D eigenvalue weighted by molar-refractivity contribution is 6.01. The normalized spacial score (nSPS) is 11.1. The lowest BCUT2D eigenvalue weighted by Crippen LogP contribution is -2.02. The van der Waals surface area contributed by atoms with E-state index in [1.165, 1.54) is 0 Å². The van der Waals surface area contributed by atoms with Crippen molar-refractivity contribution < 1.29 is 19.7 Å². The number of fused-ring (bicyclic) bond motifs is 2. The lowest BCUT2D eigenvalue weighted by Gasteiger charge is -2.18. The Bertz CT molecular complexity index is 1290. The van der Waals surface area contributed by atoms with E-state index in [0.29, 0.717) is 11.5 Å². The second-order valence-electron chi connectivity index (χ2n) is 7.44. The Labute approximate surface area is 185 Å². The predicted molar refractivity (Wildman–Crippen MR) is 128 cm³/mol. The first-order chi connectivity index (χ1) is 15.8. The number of aliphatic hydroxyl groups excluding tert-OH is 2. The monoisotopic (exact) mass is 422 g/mol. The first kappa shape index (κ1) is 20.1. The molecule has 0 amide bonds. The van der Waals surface area contributed by atoms with Crippen molar-refractivity contribution in [2.75, 3.05) is 13.6 Å². The van der Waals surface area contributed by atoms with Gasteiger partial charge < -0.3 is 19.7 Å². The molecular formula is C28H22O4. The van der Waals surface area contributed by atoms with E-state index in [9.17, 15) is 10.2 Å². The summed E-state index contributed by atoms with van der Waals surface area (Å²) in [6.45, 7) is -0.903. The van der Waals surface area contributed by atoms with Gasteiger partial charge in [0.2, 0.25) is 0 Å². The van der Waals surface area contributed by atoms with Crippen LogP contribution in [0.1, 0.15) is 0 Å². The SMILES string of the molecule is OCOc1cc(-c2cccc3ccccc23)c(OCO)cc1-c1cccc2ccccc12. The molecule has 0 spiro atoms. The molecule has 2 N–H and O–H groups in total. The van der Waals surface area contributed by atoms with E-state index in [4.69, 9.17) is 9.47 Å². The summed E-state index contributed by atoms with van der Waals surface area (Å²) in [6, 6.07) is 32.1. The molecule has 5 aromatic carbocycles. The summed E-state index contributed by atoms with van der Waals surface area (Å²) in [7, 11) is 0. The van der Waals surface area contributed by atoms with Gasteiger partial charge in [0, 0.05) is 11.1 Å². The first-order valence-corrected chi connectivity index (χ1v) is 10.4. The molecule has 0 saturated heterocycles. The molecule has 0 heterocycles. The molecule has 0 unspecified atom stereocenters. The molecular weight excluding hydrogens is 400 g/mol. The average Bonchev–Trinajstić information content (AvgIpc) is 2.84. The number of aliphatic hydroxyl groups is 2. The van der Waals surface area contributed by atoms with Crippen LogP contribution in [0.3, 0.4) is 0 Å². The fraction of sp³-hybridized carbons (Fsp3) is 0.0714. The van der Waals surface area contributed by atoms with Gasteiger partial charge in [0.25, 0.3) is 0 Å². The Kier molecular flexibility index (Phi) is 5.46. The van der Waals surface area contributed by atoms with Crippen LogP contribution in [0.5, 0.6) is 11.5 Å². The second-order valence-corrected chi connectivity index (χ2v) is 7.44. The van der Waals surface area contributed by atoms with Gasteiger partial charge in [-0.05, 0) is 44.8 Å². The van der Waals surface area contributed by atoms with Gasteiger partial charge in [0.1, 0.15) is 11.5 Å². The lowest BCUT2D eigenvalue weighted by molar-refractivity contribution is 0.0956.